The molecule has 1 rings (SSSR count). The smallest absolute Gasteiger partial charge is 0.130 e. The van der Waals surface area contributed by atoms with Gasteiger partial charge in [-0.05, 0) is 12.3 Å². The first-order valence-electron chi connectivity index (χ1n) is 4.26. The van der Waals surface area contributed by atoms with Crippen molar-refractivity contribution in [2.75, 3.05) is 5.73 Å². The molecule has 0 unspecified atom stereocenters. The molecule has 3 nitrogen and oxygen atoms in total. The molecular formula is C9H15N3. The number of aromatic nitrogens is 2. The van der Waals surface area contributed by atoms with Gasteiger partial charge in [0.1, 0.15) is 12.1 Å². The molecule has 0 fully saturated rings. The Morgan fingerprint density at radius 1 is 1.42 bits per heavy atom. The fourth-order valence-corrected chi connectivity index (χ4v) is 1.30. The highest BCUT2D eigenvalue weighted by Crippen LogP contribution is 2.20. The Labute approximate surface area is 73.0 Å². The van der Waals surface area contributed by atoms with Gasteiger partial charge in [-0.3, -0.25) is 0 Å². The van der Waals surface area contributed by atoms with E-state index in [4.69, 9.17) is 5.73 Å². The van der Waals surface area contributed by atoms with Crippen LogP contribution in [0.5, 0.6) is 0 Å². The number of nitrogens with zero attached hydrogens (tertiary/aromatic N) is 2. The summed E-state index contributed by atoms with van der Waals surface area (Å²) < 4.78 is 0. The fraction of sp³-hybridized carbons (Fsp3) is 0.556. The van der Waals surface area contributed by atoms with Crippen molar-refractivity contribution < 1.29 is 0 Å². The third kappa shape index (κ3) is 1.55. The lowest BCUT2D eigenvalue weighted by Crippen LogP contribution is -2.05. The summed E-state index contributed by atoms with van der Waals surface area (Å²) in [6.45, 7) is 6.29. The van der Waals surface area contributed by atoms with Gasteiger partial charge in [-0.2, -0.15) is 0 Å². The molecule has 0 atom stereocenters. The molecule has 1 heterocycles. The van der Waals surface area contributed by atoms with Gasteiger partial charge < -0.3 is 5.73 Å². The number of hydrogen-bond acceptors (Lipinski definition) is 3. The molecule has 1 aromatic rings. The van der Waals surface area contributed by atoms with E-state index in [1.54, 1.807) is 0 Å². The second-order valence-electron chi connectivity index (χ2n) is 3.13. The first kappa shape index (κ1) is 8.97. The minimum Gasteiger partial charge on any atom is -0.383 e. The second kappa shape index (κ2) is 3.52. The van der Waals surface area contributed by atoms with E-state index in [9.17, 15) is 0 Å². The number of nitrogen functional groups attached to an aromatic ring is 1. The van der Waals surface area contributed by atoms with Crippen LogP contribution >= 0.6 is 0 Å². The van der Waals surface area contributed by atoms with Crippen molar-refractivity contribution in [3.63, 3.8) is 0 Å². The van der Waals surface area contributed by atoms with Gasteiger partial charge in [-0.15, -0.1) is 0 Å². The van der Waals surface area contributed by atoms with Gasteiger partial charge in [0, 0.05) is 5.56 Å². The second-order valence-corrected chi connectivity index (χ2v) is 3.13. The predicted octanol–water partition coefficient (Wildman–Crippen LogP) is 1.74. The molecule has 0 saturated carbocycles. The van der Waals surface area contributed by atoms with Crippen LogP contribution in [-0.4, -0.2) is 9.97 Å². The summed E-state index contributed by atoms with van der Waals surface area (Å²) in [4.78, 5) is 8.18. The summed E-state index contributed by atoms with van der Waals surface area (Å²) >= 11 is 0. The van der Waals surface area contributed by atoms with E-state index in [0.717, 1.165) is 17.7 Å². The van der Waals surface area contributed by atoms with Gasteiger partial charge in [0.2, 0.25) is 0 Å². The standard InChI is InChI=1S/C9H15N3/c1-4-7-8(6(2)3)11-5-12-9(7)10/h5-6H,4H2,1-3H3,(H2,10,11,12). The van der Waals surface area contributed by atoms with Crippen LogP contribution in [0.2, 0.25) is 0 Å². The van der Waals surface area contributed by atoms with Gasteiger partial charge in [-0.1, -0.05) is 20.8 Å². The van der Waals surface area contributed by atoms with Crippen LogP contribution < -0.4 is 5.73 Å². The lowest BCUT2D eigenvalue weighted by Gasteiger charge is -2.10. The largest absolute Gasteiger partial charge is 0.383 e. The van der Waals surface area contributed by atoms with Gasteiger partial charge in [0.15, 0.2) is 0 Å². The Kier molecular flexibility index (Phi) is 2.63. The first-order chi connectivity index (χ1) is 5.66. The Morgan fingerprint density at radius 2 is 2.08 bits per heavy atom. The van der Waals surface area contributed by atoms with E-state index in [2.05, 4.69) is 30.7 Å². The molecule has 12 heavy (non-hydrogen) atoms. The fourth-order valence-electron chi connectivity index (χ4n) is 1.30. The maximum absolute atomic E-state index is 5.72. The van der Waals surface area contributed by atoms with Crippen LogP contribution in [0.4, 0.5) is 5.82 Å². The lowest BCUT2D eigenvalue weighted by atomic mass is 10.0. The summed E-state index contributed by atoms with van der Waals surface area (Å²) in [5.74, 6) is 1.04. The van der Waals surface area contributed by atoms with Crippen molar-refractivity contribution in [3.05, 3.63) is 17.6 Å². The zero-order chi connectivity index (χ0) is 9.14. The van der Waals surface area contributed by atoms with E-state index < -0.39 is 0 Å². The van der Waals surface area contributed by atoms with Crippen molar-refractivity contribution in [1.29, 1.82) is 0 Å². The van der Waals surface area contributed by atoms with E-state index >= 15 is 0 Å². The van der Waals surface area contributed by atoms with Crippen LogP contribution in [0.1, 0.15) is 37.9 Å². The molecule has 0 aliphatic carbocycles. The number of nitrogens with two attached hydrogens (primary N) is 1. The first-order valence-corrected chi connectivity index (χ1v) is 4.26. The third-order valence-electron chi connectivity index (χ3n) is 1.91. The van der Waals surface area contributed by atoms with E-state index in [0.29, 0.717) is 11.7 Å². The summed E-state index contributed by atoms with van der Waals surface area (Å²) in [6, 6.07) is 0. The maximum Gasteiger partial charge on any atom is 0.130 e. The molecule has 3 heteroatoms. The number of anilines is 1. The molecule has 0 aliphatic rings. The van der Waals surface area contributed by atoms with Crippen LogP contribution in [0.25, 0.3) is 0 Å². The Bertz CT molecular complexity index is 268. The Balaban J connectivity index is 3.18. The minimum absolute atomic E-state index is 0.422. The summed E-state index contributed by atoms with van der Waals surface area (Å²) in [7, 11) is 0. The highest BCUT2D eigenvalue weighted by molar-refractivity contribution is 5.42. The number of hydrogen-bond donors (Lipinski definition) is 1. The monoisotopic (exact) mass is 165 g/mol. The van der Waals surface area contributed by atoms with Crippen molar-refractivity contribution in [2.24, 2.45) is 0 Å². The highest BCUT2D eigenvalue weighted by atomic mass is 14.9. The average Bonchev–Trinajstić information content (AvgIpc) is 2.03. The van der Waals surface area contributed by atoms with E-state index in [-0.39, 0.29) is 0 Å². The molecule has 0 amide bonds. The van der Waals surface area contributed by atoms with Crippen molar-refractivity contribution >= 4 is 5.82 Å². The molecule has 0 bridgehead atoms. The van der Waals surface area contributed by atoms with Gasteiger partial charge >= 0.3 is 0 Å². The summed E-state index contributed by atoms with van der Waals surface area (Å²) in [6.07, 6.45) is 2.43. The number of rotatable bonds is 2. The zero-order valence-electron chi connectivity index (χ0n) is 7.83. The molecule has 66 valence electrons. The van der Waals surface area contributed by atoms with Gasteiger partial charge in [0.05, 0.1) is 5.69 Å². The SMILES string of the molecule is CCc1c(N)ncnc1C(C)C. The van der Waals surface area contributed by atoms with Gasteiger partial charge in [-0.25, -0.2) is 9.97 Å². The Hall–Kier alpha value is -1.12. The van der Waals surface area contributed by atoms with Crippen molar-refractivity contribution in [2.45, 2.75) is 33.1 Å². The highest BCUT2D eigenvalue weighted by Gasteiger charge is 2.09. The third-order valence-corrected chi connectivity index (χ3v) is 1.91. The van der Waals surface area contributed by atoms with Crippen molar-refractivity contribution in [3.8, 4) is 0 Å². The van der Waals surface area contributed by atoms with Crippen LogP contribution in [0.15, 0.2) is 6.33 Å². The maximum atomic E-state index is 5.72. The molecule has 0 spiro atoms. The van der Waals surface area contributed by atoms with Gasteiger partial charge in [0.25, 0.3) is 0 Å². The van der Waals surface area contributed by atoms with Crippen molar-refractivity contribution in [1.82, 2.24) is 9.97 Å². The van der Waals surface area contributed by atoms with Crippen LogP contribution in [0, 0.1) is 0 Å². The predicted molar refractivity (Wildman–Crippen MR) is 49.9 cm³/mol. The Morgan fingerprint density at radius 3 is 2.50 bits per heavy atom. The topological polar surface area (TPSA) is 51.8 Å². The van der Waals surface area contributed by atoms with E-state index in [1.807, 2.05) is 0 Å². The minimum atomic E-state index is 0.422. The molecule has 0 aliphatic heterocycles. The van der Waals surface area contributed by atoms with Crippen LogP contribution in [-0.2, 0) is 6.42 Å². The molecule has 0 saturated heterocycles. The van der Waals surface area contributed by atoms with Crippen LogP contribution in [0.3, 0.4) is 0 Å². The average molecular weight is 165 g/mol. The quantitative estimate of drug-likeness (QED) is 0.726. The molecule has 1 aromatic heterocycles. The molecule has 0 aromatic carbocycles. The lowest BCUT2D eigenvalue weighted by molar-refractivity contribution is 0.791. The summed E-state index contributed by atoms with van der Waals surface area (Å²) in [5.41, 5.74) is 7.88. The van der Waals surface area contributed by atoms with E-state index in [1.165, 1.54) is 6.33 Å². The molecule has 0 radical (unpaired) electrons. The molecule has 2 N–H and O–H groups in total. The molecular weight excluding hydrogens is 150 g/mol. The zero-order valence-corrected chi connectivity index (χ0v) is 7.83. The summed E-state index contributed by atoms with van der Waals surface area (Å²) in [5, 5.41) is 0. The normalized spacial score (nSPS) is 10.7.